The maximum absolute atomic E-state index is 12.8. The van der Waals surface area contributed by atoms with Crippen LogP contribution in [0.4, 0.5) is 26.3 Å². The minimum atomic E-state index is -4.46. The second-order valence-electron chi connectivity index (χ2n) is 7.58. The molecule has 0 N–H and O–H groups in total. The Morgan fingerprint density at radius 1 is 0.500 bits per heavy atom. The second kappa shape index (κ2) is 8.63. The summed E-state index contributed by atoms with van der Waals surface area (Å²) in [5.41, 5.74) is 0.0511. The van der Waals surface area contributed by atoms with Gasteiger partial charge in [-0.3, -0.25) is 0 Å². The maximum Gasteiger partial charge on any atom is 0.416 e. The first kappa shape index (κ1) is 23.3. The molecule has 5 aromatic rings. The molecule has 0 saturated heterocycles. The van der Waals surface area contributed by atoms with E-state index in [1.54, 1.807) is 24.3 Å². The predicted octanol–water partition coefficient (Wildman–Crippen LogP) is 7.16. The van der Waals surface area contributed by atoms with E-state index < -0.39 is 23.5 Å². The highest BCUT2D eigenvalue weighted by Gasteiger charge is 2.31. The zero-order chi connectivity index (χ0) is 25.5. The van der Waals surface area contributed by atoms with Gasteiger partial charge in [-0.1, -0.05) is 40.6 Å². The topological polar surface area (TPSA) is 77.8 Å². The minimum absolute atomic E-state index is 0.103. The lowest BCUT2D eigenvalue weighted by atomic mass is 10.1. The van der Waals surface area contributed by atoms with E-state index in [0.29, 0.717) is 22.3 Å². The monoisotopic (exact) mass is 502 g/mol. The van der Waals surface area contributed by atoms with Gasteiger partial charge in [0.05, 0.1) is 11.1 Å². The summed E-state index contributed by atoms with van der Waals surface area (Å²) in [5.74, 6) is 0.418. The largest absolute Gasteiger partial charge is 0.416 e. The van der Waals surface area contributed by atoms with E-state index in [4.69, 9.17) is 9.05 Å². The van der Waals surface area contributed by atoms with Crippen LogP contribution in [0.15, 0.2) is 81.8 Å². The Morgan fingerprint density at radius 3 is 1.25 bits per heavy atom. The van der Waals surface area contributed by atoms with E-state index in [1.807, 2.05) is 0 Å². The third-order valence-electron chi connectivity index (χ3n) is 5.15. The molecule has 6 nitrogen and oxygen atoms in total. The van der Waals surface area contributed by atoms with Crippen molar-refractivity contribution in [3.63, 3.8) is 0 Å². The molecule has 0 amide bonds. The molecule has 2 aromatic heterocycles. The summed E-state index contributed by atoms with van der Waals surface area (Å²) >= 11 is 0. The van der Waals surface area contributed by atoms with Crippen LogP contribution in [0.25, 0.3) is 45.7 Å². The molecule has 182 valence electrons. The van der Waals surface area contributed by atoms with Crippen LogP contribution in [0.5, 0.6) is 0 Å². The van der Waals surface area contributed by atoms with Crippen LogP contribution in [0.1, 0.15) is 11.1 Å². The van der Waals surface area contributed by atoms with Gasteiger partial charge in [-0.05, 0) is 42.5 Å². The molecule has 0 radical (unpaired) electrons. The van der Waals surface area contributed by atoms with Crippen LogP contribution in [0.2, 0.25) is 0 Å². The lowest BCUT2D eigenvalue weighted by molar-refractivity contribution is -0.138. The van der Waals surface area contributed by atoms with Crippen molar-refractivity contribution in [1.82, 2.24) is 20.3 Å². The molecule has 2 heterocycles. The van der Waals surface area contributed by atoms with Gasteiger partial charge in [0.25, 0.3) is 11.8 Å². The quantitative estimate of drug-likeness (QED) is 0.243. The summed E-state index contributed by atoms with van der Waals surface area (Å²) in [5, 5.41) is 7.65. The standard InChI is InChI=1S/C24H12F6N4O2/c25-23(26,27)17-8-4-13(5-9-17)19-31-21(35-33-19)15-2-1-3-16(12-15)22-32-20(34-36-22)14-6-10-18(11-7-14)24(28,29)30/h1-12H. The molecule has 0 spiro atoms. The minimum Gasteiger partial charge on any atom is -0.334 e. The Hall–Kier alpha value is -4.48. The number of nitrogens with zero attached hydrogens (tertiary/aromatic N) is 4. The van der Waals surface area contributed by atoms with Crippen molar-refractivity contribution in [2.75, 3.05) is 0 Å². The molecule has 5 rings (SSSR count). The average molecular weight is 502 g/mol. The van der Waals surface area contributed by atoms with E-state index in [-0.39, 0.29) is 23.4 Å². The van der Waals surface area contributed by atoms with E-state index in [9.17, 15) is 26.3 Å². The van der Waals surface area contributed by atoms with Gasteiger partial charge in [-0.2, -0.15) is 36.3 Å². The third-order valence-corrected chi connectivity index (χ3v) is 5.15. The highest BCUT2D eigenvalue weighted by atomic mass is 19.4. The first-order chi connectivity index (χ1) is 17.1. The van der Waals surface area contributed by atoms with Gasteiger partial charge in [0, 0.05) is 22.3 Å². The average Bonchev–Trinajstić information content (AvgIpc) is 3.54. The third kappa shape index (κ3) is 4.69. The summed E-state index contributed by atoms with van der Waals surface area (Å²) in [7, 11) is 0. The Morgan fingerprint density at radius 2 is 0.889 bits per heavy atom. The van der Waals surface area contributed by atoms with E-state index in [1.165, 1.54) is 24.3 Å². The van der Waals surface area contributed by atoms with Crippen molar-refractivity contribution < 1.29 is 35.4 Å². The molecular formula is C24H12F6N4O2. The fourth-order valence-electron chi connectivity index (χ4n) is 3.32. The Labute approximate surface area is 198 Å². The van der Waals surface area contributed by atoms with Gasteiger partial charge >= 0.3 is 12.4 Å². The highest BCUT2D eigenvalue weighted by molar-refractivity contribution is 5.67. The van der Waals surface area contributed by atoms with Crippen LogP contribution in [-0.4, -0.2) is 20.3 Å². The lowest BCUT2D eigenvalue weighted by Gasteiger charge is -2.05. The highest BCUT2D eigenvalue weighted by Crippen LogP contribution is 2.33. The zero-order valence-corrected chi connectivity index (χ0v) is 17.8. The molecule has 0 aliphatic carbocycles. The number of alkyl halides is 6. The summed E-state index contributed by atoms with van der Waals surface area (Å²) in [4.78, 5) is 8.48. The molecule has 36 heavy (non-hydrogen) atoms. The fraction of sp³-hybridized carbons (Fsp3) is 0.0833. The summed E-state index contributed by atoms with van der Waals surface area (Å²) < 4.78 is 87.2. The Balaban J connectivity index is 1.38. The van der Waals surface area contributed by atoms with Gasteiger partial charge < -0.3 is 9.05 Å². The van der Waals surface area contributed by atoms with Crippen molar-refractivity contribution in [3.05, 3.63) is 83.9 Å². The first-order valence-corrected chi connectivity index (χ1v) is 10.2. The maximum atomic E-state index is 12.8. The number of halogens is 6. The molecular weight excluding hydrogens is 490 g/mol. The van der Waals surface area contributed by atoms with Gasteiger partial charge in [0.2, 0.25) is 11.6 Å². The molecule has 0 atom stereocenters. The van der Waals surface area contributed by atoms with Gasteiger partial charge in [0.1, 0.15) is 0 Å². The fourth-order valence-corrected chi connectivity index (χ4v) is 3.32. The van der Waals surface area contributed by atoms with Crippen molar-refractivity contribution in [2.24, 2.45) is 0 Å². The zero-order valence-electron chi connectivity index (χ0n) is 17.8. The van der Waals surface area contributed by atoms with Gasteiger partial charge in [-0.25, -0.2) is 0 Å². The number of aromatic nitrogens is 4. The summed E-state index contributed by atoms with van der Waals surface area (Å²) in [6, 6.07) is 15.3. The molecule has 12 heteroatoms. The molecule has 0 bridgehead atoms. The van der Waals surface area contributed by atoms with Crippen LogP contribution >= 0.6 is 0 Å². The van der Waals surface area contributed by atoms with Crippen LogP contribution < -0.4 is 0 Å². The van der Waals surface area contributed by atoms with E-state index >= 15 is 0 Å². The molecule has 0 unspecified atom stereocenters. The Kier molecular flexibility index (Phi) is 5.58. The SMILES string of the molecule is FC(F)(F)c1ccc(-c2noc(-c3cccc(-c4nc(-c5ccc(C(F)(F)F)cc5)no4)c3)n2)cc1. The van der Waals surface area contributed by atoms with Crippen molar-refractivity contribution in [1.29, 1.82) is 0 Å². The number of hydrogen-bond acceptors (Lipinski definition) is 6. The van der Waals surface area contributed by atoms with Crippen molar-refractivity contribution in [3.8, 4) is 45.7 Å². The van der Waals surface area contributed by atoms with E-state index in [2.05, 4.69) is 20.3 Å². The molecule has 0 aliphatic heterocycles. The lowest BCUT2D eigenvalue weighted by Crippen LogP contribution is -2.04. The predicted molar refractivity (Wildman–Crippen MR) is 114 cm³/mol. The van der Waals surface area contributed by atoms with E-state index in [0.717, 1.165) is 24.3 Å². The molecule has 0 fully saturated rings. The van der Waals surface area contributed by atoms with Crippen molar-refractivity contribution >= 4 is 0 Å². The van der Waals surface area contributed by atoms with Crippen molar-refractivity contribution in [2.45, 2.75) is 12.4 Å². The Bertz CT molecular complexity index is 1390. The van der Waals surface area contributed by atoms with Crippen LogP contribution in [0.3, 0.4) is 0 Å². The molecule has 0 aliphatic rings. The second-order valence-corrected chi connectivity index (χ2v) is 7.58. The van der Waals surface area contributed by atoms with Crippen LogP contribution in [-0.2, 0) is 12.4 Å². The normalized spacial score (nSPS) is 12.2. The molecule has 3 aromatic carbocycles. The molecule has 0 saturated carbocycles. The van der Waals surface area contributed by atoms with Gasteiger partial charge in [-0.15, -0.1) is 0 Å². The summed E-state index contributed by atoms with van der Waals surface area (Å²) in [6.45, 7) is 0. The first-order valence-electron chi connectivity index (χ1n) is 10.2. The number of hydrogen-bond donors (Lipinski definition) is 0. The smallest absolute Gasteiger partial charge is 0.334 e. The van der Waals surface area contributed by atoms with Crippen LogP contribution in [0, 0.1) is 0 Å². The number of benzene rings is 3. The number of rotatable bonds is 4. The van der Waals surface area contributed by atoms with Gasteiger partial charge in [0.15, 0.2) is 0 Å². The summed E-state index contributed by atoms with van der Waals surface area (Å²) in [6.07, 6.45) is -8.91.